The number of Topliss-reactive ketones (excluding diaryl/α,β-unsaturated/α-hetero) is 3. The van der Waals surface area contributed by atoms with Crippen LogP contribution in [0.1, 0.15) is 56.0 Å². The van der Waals surface area contributed by atoms with Crippen LogP contribution in [0.5, 0.6) is 28.7 Å². The molecule has 0 radical (unpaired) electrons. The van der Waals surface area contributed by atoms with E-state index in [4.69, 9.17) is 21.1 Å². The van der Waals surface area contributed by atoms with E-state index in [1.165, 1.54) is 38.5 Å². The van der Waals surface area contributed by atoms with E-state index in [0.717, 1.165) is 6.07 Å². The first kappa shape index (κ1) is 25.4. The second-order valence-corrected chi connectivity index (χ2v) is 10.2. The van der Waals surface area contributed by atoms with Gasteiger partial charge in [-0.05, 0) is 42.3 Å². The summed E-state index contributed by atoms with van der Waals surface area (Å²) in [5, 5.41) is 30.8. The van der Waals surface area contributed by atoms with Gasteiger partial charge in [0.15, 0.2) is 11.6 Å². The van der Waals surface area contributed by atoms with Gasteiger partial charge in [-0.2, -0.15) is 0 Å². The highest BCUT2D eigenvalue weighted by Crippen LogP contribution is 2.52. The lowest BCUT2D eigenvalue weighted by Gasteiger charge is -2.38. The number of aromatic hydroxyl groups is 3. The lowest BCUT2D eigenvalue weighted by molar-refractivity contribution is 0.0909. The summed E-state index contributed by atoms with van der Waals surface area (Å²) < 4.78 is 10.9. The first-order chi connectivity index (χ1) is 17.8. The van der Waals surface area contributed by atoms with Crippen LogP contribution in [0.25, 0.3) is 11.1 Å². The topological polar surface area (TPSA) is 130 Å². The maximum absolute atomic E-state index is 14.2. The first-order valence-corrected chi connectivity index (χ1v) is 12.0. The summed E-state index contributed by atoms with van der Waals surface area (Å²) in [4.78, 5) is 42.0. The number of hydrogen-bond donors (Lipinski definition) is 3. The molecule has 9 heteroatoms. The third kappa shape index (κ3) is 3.26. The number of allylic oxidation sites excluding steroid dienone is 2. The van der Waals surface area contributed by atoms with Crippen molar-refractivity contribution in [2.45, 2.75) is 26.2 Å². The number of fused-ring (bicyclic) bond motifs is 2. The molecule has 3 N–H and O–H groups in total. The minimum absolute atomic E-state index is 0.0162. The molecule has 0 heterocycles. The van der Waals surface area contributed by atoms with Crippen molar-refractivity contribution < 1.29 is 39.2 Å². The van der Waals surface area contributed by atoms with E-state index in [1.54, 1.807) is 20.8 Å². The monoisotopic (exact) mass is 534 g/mol. The summed E-state index contributed by atoms with van der Waals surface area (Å²) in [6.07, 6.45) is 0. The van der Waals surface area contributed by atoms with Crippen molar-refractivity contribution >= 4 is 29.0 Å². The fourth-order valence-corrected chi connectivity index (χ4v) is 5.76. The van der Waals surface area contributed by atoms with Gasteiger partial charge in [0.05, 0.1) is 25.4 Å². The van der Waals surface area contributed by atoms with Crippen LogP contribution in [0.15, 0.2) is 41.5 Å². The van der Waals surface area contributed by atoms with Gasteiger partial charge in [-0.25, -0.2) is 0 Å². The molecule has 194 valence electrons. The van der Waals surface area contributed by atoms with Crippen LogP contribution in [0, 0.1) is 6.92 Å². The maximum Gasteiger partial charge on any atom is 0.201 e. The van der Waals surface area contributed by atoms with E-state index in [9.17, 15) is 29.7 Å². The smallest absolute Gasteiger partial charge is 0.201 e. The molecule has 0 unspecified atom stereocenters. The van der Waals surface area contributed by atoms with Gasteiger partial charge < -0.3 is 24.8 Å². The Morgan fingerprint density at radius 3 is 2.03 bits per heavy atom. The van der Waals surface area contributed by atoms with Crippen molar-refractivity contribution in [3.05, 3.63) is 74.3 Å². The fraction of sp³-hybridized carbons (Fsp3) is 0.207. The number of carbonyl (C=O) groups excluding carboxylic acids is 3. The van der Waals surface area contributed by atoms with Crippen molar-refractivity contribution in [2.24, 2.45) is 0 Å². The minimum atomic E-state index is -1.21. The molecule has 0 amide bonds. The number of hydrogen-bond acceptors (Lipinski definition) is 8. The number of ether oxygens (including phenoxy) is 2. The summed E-state index contributed by atoms with van der Waals surface area (Å²) >= 11 is 6.33. The number of ketones is 3. The maximum atomic E-state index is 14.2. The van der Waals surface area contributed by atoms with Crippen LogP contribution in [0.4, 0.5) is 0 Å². The molecular weight excluding hydrogens is 512 g/mol. The van der Waals surface area contributed by atoms with Gasteiger partial charge in [0.1, 0.15) is 33.8 Å². The van der Waals surface area contributed by atoms with E-state index >= 15 is 0 Å². The highest BCUT2D eigenvalue weighted by atomic mass is 35.5. The van der Waals surface area contributed by atoms with Gasteiger partial charge in [0.25, 0.3) is 0 Å². The van der Waals surface area contributed by atoms with E-state index in [1.807, 2.05) is 0 Å². The zero-order valence-electron chi connectivity index (χ0n) is 21.1. The number of halogens is 1. The number of phenolic OH excluding ortho intramolecular Hbond substituents is 3. The van der Waals surface area contributed by atoms with Crippen LogP contribution in [0.3, 0.4) is 0 Å². The molecule has 8 nitrogen and oxygen atoms in total. The van der Waals surface area contributed by atoms with Crippen LogP contribution >= 0.6 is 11.6 Å². The van der Waals surface area contributed by atoms with Crippen LogP contribution in [-0.4, -0.2) is 46.9 Å². The Bertz CT molecular complexity index is 1660. The molecule has 3 aromatic rings. The molecular formula is C29H23ClO8. The number of aryl methyl sites for hydroxylation is 1. The van der Waals surface area contributed by atoms with Crippen molar-refractivity contribution in [3.8, 4) is 39.9 Å². The Morgan fingerprint density at radius 2 is 1.39 bits per heavy atom. The van der Waals surface area contributed by atoms with E-state index in [2.05, 4.69) is 0 Å². The fourth-order valence-electron chi connectivity index (χ4n) is 5.53. The Balaban J connectivity index is 1.88. The zero-order chi connectivity index (χ0) is 27.8. The summed E-state index contributed by atoms with van der Waals surface area (Å²) in [6.45, 7) is 4.97. The molecule has 0 fully saturated rings. The number of benzene rings is 3. The highest BCUT2D eigenvalue weighted by Gasteiger charge is 2.50. The molecule has 38 heavy (non-hydrogen) atoms. The Labute approximate surface area is 222 Å². The van der Waals surface area contributed by atoms with Crippen LogP contribution in [0.2, 0.25) is 5.02 Å². The SMILES string of the molecule is COc1cc2c(c(-c3c(C)cc(O)c(Cl)c3OC)c1)C(=O)C1=C(C2=O)C(C)(C)c2cc(O)cc(O)c2C1=O. The molecule has 0 atom stereocenters. The average Bonchev–Trinajstić information content (AvgIpc) is 2.85. The molecule has 5 rings (SSSR count). The Morgan fingerprint density at radius 1 is 0.763 bits per heavy atom. The summed E-state index contributed by atoms with van der Waals surface area (Å²) in [5.41, 5.74) is -0.491. The lowest BCUT2D eigenvalue weighted by Crippen LogP contribution is -2.40. The Kier molecular flexibility index (Phi) is 5.58. The second-order valence-electron chi connectivity index (χ2n) is 9.78. The predicted molar refractivity (Wildman–Crippen MR) is 139 cm³/mol. The average molecular weight is 535 g/mol. The molecule has 2 aliphatic rings. The van der Waals surface area contributed by atoms with Crippen LogP contribution in [-0.2, 0) is 5.41 Å². The van der Waals surface area contributed by atoms with Gasteiger partial charge >= 0.3 is 0 Å². The van der Waals surface area contributed by atoms with Crippen molar-refractivity contribution in [3.63, 3.8) is 0 Å². The first-order valence-electron chi connectivity index (χ1n) is 11.6. The van der Waals surface area contributed by atoms with Gasteiger partial charge in [-0.1, -0.05) is 25.4 Å². The number of carbonyl (C=O) groups is 3. The third-order valence-corrected chi connectivity index (χ3v) is 7.62. The number of rotatable bonds is 3. The molecule has 0 aliphatic heterocycles. The highest BCUT2D eigenvalue weighted by molar-refractivity contribution is 6.42. The van der Waals surface area contributed by atoms with E-state index in [-0.39, 0.29) is 67.0 Å². The molecule has 0 saturated heterocycles. The molecule has 2 aliphatic carbocycles. The Hall–Kier alpha value is -4.30. The summed E-state index contributed by atoms with van der Waals surface area (Å²) in [5.74, 6) is -2.75. The van der Waals surface area contributed by atoms with Gasteiger partial charge in [-0.3, -0.25) is 14.4 Å². The van der Waals surface area contributed by atoms with E-state index < -0.39 is 28.5 Å². The molecule has 3 aromatic carbocycles. The van der Waals surface area contributed by atoms with Gasteiger partial charge in [0.2, 0.25) is 5.78 Å². The lowest BCUT2D eigenvalue weighted by atomic mass is 9.62. The summed E-state index contributed by atoms with van der Waals surface area (Å²) in [7, 11) is 2.77. The summed E-state index contributed by atoms with van der Waals surface area (Å²) in [6, 6.07) is 6.71. The minimum Gasteiger partial charge on any atom is -0.508 e. The standard InChI is InChI=1S/C29H23ClO8/c1-11-6-18(33)24(30)28(38-5)19(11)14-9-13(37-4)10-15-20(14)26(35)22-23(25(15)34)29(2,3)16-7-12(31)8-17(32)21(16)27(22)36/h6-10,31-33H,1-5H3. The quantitative estimate of drug-likeness (QED) is 0.386. The van der Waals surface area contributed by atoms with Gasteiger partial charge in [0, 0.05) is 39.3 Å². The van der Waals surface area contributed by atoms with Crippen molar-refractivity contribution in [2.75, 3.05) is 14.2 Å². The third-order valence-electron chi connectivity index (χ3n) is 7.25. The predicted octanol–water partition coefficient (Wildman–Crippen LogP) is 5.30. The largest absolute Gasteiger partial charge is 0.508 e. The van der Waals surface area contributed by atoms with Crippen molar-refractivity contribution in [1.82, 2.24) is 0 Å². The normalized spacial score (nSPS) is 15.7. The molecule has 0 bridgehead atoms. The van der Waals surface area contributed by atoms with Crippen LogP contribution < -0.4 is 9.47 Å². The second kappa shape index (κ2) is 8.36. The van der Waals surface area contributed by atoms with Crippen molar-refractivity contribution in [1.29, 1.82) is 0 Å². The number of methoxy groups -OCH3 is 2. The zero-order valence-corrected chi connectivity index (χ0v) is 21.9. The number of phenols is 3. The van der Waals surface area contributed by atoms with Gasteiger partial charge in [-0.15, -0.1) is 0 Å². The molecule has 0 saturated carbocycles. The molecule has 0 aromatic heterocycles. The molecule has 0 spiro atoms. The van der Waals surface area contributed by atoms with E-state index in [0.29, 0.717) is 11.1 Å².